The number of carbonyl (C=O) groups excluding carboxylic acids is 1. The molecule has 17 heavy (non-hydrogen) atoms. The maximum absolute atomic E-state index is 11.4. The highest BCUT2D eigenvalue weighted by Gasteiger charge is 1.97. The Morgan fingerprint density at radius 2 is 2.12 bits per heavy atom. The van der Waals surface area contributed by atoms with E-state index in [1.54, 1.807) is 31.1 Å². The first-order chi connectivity index (χ1) is 8.34. The van der Waals surface area contributed by atoms with Crippen LogP contribution < -0.4 is 5.32 Å². The van der Waals surface area contributed by atoms with Crippen LogP contribution in [0.25, 0.3) is 6.08 Å². The van der Waals surface area contributed by atoms with Crippen molar-refractivity contribution in [1.29, 1.82) is 0 Å². The molecule has 0 atom stereocenters. The molecule has 2 aromatic rings. The van der Waals surface area contributed by atoms with Crippen LogP contribution in [0.3, 0.4) is 0 Å². The number of carbonyl (C=O) groups is 1. The molecule has 0 aliphatic rings. The molecule has 0 saturated heterocycles. The van der Waals surface area contributed by atoms with Gasteiger partial charge in [-0.25, -0.2) is 9.97 Å². The molecule has 0 saturated carbocycles. The first-order valence-electron chi connectivity index (χ1n) is 5.26. The highest BCUT2D eigenvalue weighted by atomic mass is 16.1. The van der Waals surface area contributed by atoms with Crippen molar-refractivity contribution in [3.8, 4) is 0 Å². The Bertz CT molecular complexity index is 472. The number of imidazole rings is 2. The van der Waals surface area contributed by atoms with Crippen molar-refractivity contribution < 1.29 is 4.79 Å². The van der Waals surface area contributed by atoms with Gasteiger partial charge in [0.2, 0.25) is 5.91 Å². The summed E-state index contributed by atoms with van der Waals surface area (Å²) in [4.78, 5) is 25.0. The number of amides is 1. The van der Waals surface area contributed by atoms with E-state index in [2.05, 4.69) is 25.3 Å². The molecular formula is C11H13N5O. The Morgan fingerprint density at radius 1 is 1.29 bits per heavy atom. The Kier molecular flexibility index (Phi) is 3.69. The quantitative estimate of drug-likeness (QED) is 0.655. The normalized spacial score (nSPS) is 10.8. The van der Waals surface area contributed by atoms with Crippen molar-refractivity contribution in [3.05, 3.63) is 42.5 Å². The van der Waals surface area contributed by atoms with Crippen LogP contribution in [0.1, 0.15) is 11.4 Å². The molecule has 0 radical (unpaired) electrons. The lowest BCUT2D eigenvalue weighted by Gasteiger charge is -1.99. The van der Waals surface area contributed by atoms with Crippen LogP contribution >= 0.6 is 0 Å². The number of hydrogen-bond acceptors (Lipinski definition) is 3. The highest BCUT2D eigenvalue weighted by molar-refractivity contribution is 5.91. The van der Waals surface area contributed by atoms with Crippen LogP contribution in [0, 0.1) is 0 Å². The topological polar surface area (TPSA) is 86.5 Å². The average molecular weight is 231 g/mol. The third-order valence-electron chi connectivity index (χ3n) is 2.18. The van der Waals surface area contributed by atoms with Gasteiger partial charge in [0.25, 0.3) is 0 Å². The third-order valence-corrected chi connectivity index (χ3v) is 2.18. The molecule has 1 amide bonds. The second-order valence-electron chi connectivity index (χ2n) is 3.46. The standard InChI is InChI=1S/C11H13N5O/c17-11(2-1-9-5-12-7-15-9)14-4-3-10-6-13-8-16-10/h1-2,5-8H,3-4H2,(H,12,15)(H,13,16)(H,14,17). The van der Waals surface area contributed by atoms with E-state index in [4.69, 9.17) is 0 Å². The molecule has 0 aromatic carbocycles. The average Bonchev–Trinajstić information content (AvgIpc) is 2.99. The van der Waals surface area contributed by atoms with Crippen LogP contribution in [-0.2, 0) is 11.2 Å². The SMILES string of the molecule is O=C(C=Cc1cnc[nH]1)NCCc1cnc[nH]1. The minimum Gasteiger partial charge on any atom is -0.352 e. The lowest BCUT2D eigenvalue weighted by Crippen LogP contribution is -2.23. The molecule has 2 aromatic heterocycles. The van der Waals surface area contributed by atoms with Gasteiger partial charge in [0, 0.05) is 30.9 Å². The predicted molar refractivity (Wildman–Crippen MR) is 62.9 cm³/mol. The van der Waals surface area contributed by atoms with Crippen molar-refractivity contribution in [1.82, 2.24) is 25.3 Å². The van der Waals surface area contributed by atoms with Crippen LogP contribution in [0.15, 0.2) is 31.1 Å². The Morgan fingerprint density at radius 3 is 2.82 bits per heavy atom. The summed E-state index contributed by atoms with van der Waals surface area (Å²) in [5.74, 6) is -0.126. The van der Waals surface area contributed by atoms with Gasteiger partial charge >= 0.3 is 0 Å². The van der Waals surface area contributed by atoms with E-state index in [9.17, 15) is 4.79 Å². The molecule has 0 fully saturated rings. The summed E-state index contributed by atoms with van der Waals surface area (Å²) in [6, 6.07) is 0. The first kappa shape index (κ1) is 11.1. The van der Waals surface area contributed by atoms with Gasteiger partial charge < -0.3 is 15.3 Å². The number of nitrogens with zero attached hydrogens (tertiary/aromatic N) is 2. The number of aromatic amines is 2. The smallest absolute Gasteiger partial charge is 0.244 e. The molecule has 0 spiro atoms. The molecule has 3 N–H and O–H groups in total. The van der Waals surface area contributed by atoms with E-state index in [0.717, 1.165) is 17.8 Å². The molecule has 6 nitrogen and oxygen atoms in total. The zero-order valence-corrected chi connectivity index (χ0v) is 9.18. The maximum Gasteiger partial charge on any atom is 0.244 e. The van der Waals surface area contributed by atoms with Crippen molar-refractivity contribution >= 4 is 12.0 Å². The van der Waals surface area contributed by atoms with Crippen LogP contribution in [0.5, 0.6) is 0 Å². The van der Waals surface area contributed by atoms with Gasteiger partial charge in [-0.2, -0.15) is 0 Å². The van der Waals surface area contributed by atoms with E-state index in [1.165, 1.54) is 6.08 Å². The maximum atomic E-state index is 11.4. The molecule has 88 valence electrons. The molecule has 0 aliphatic carbocycles. The summed E-state index contributed by atoms with van der Waals surface area (Å²) in [5.41, 5.74) is 1.80. The van der Waals surface area contributed by atoms with Crippen molar-refractivity contribution in [2.24, 2.45) is 0 Å². The van der Waals surface area contributed by atoms with E-state index in [1.807, 2.05) is 0 Å². The number of nitrogens with one attached hydrogen (secondary N) is 3. The van der Waals surface area contributed by atoms with Crippen molar-refractivity contribution in [2.45, 2.75) is 6.42 Å². The number of rotatable bonds is 5. The van der Waals surface area contributed by atoms with Gasteiger partial charge in [-0.1, -0.05) is 0 Å². The lowest BCUT2D eigenvalue weighted by atomic mass is 10.3. The second-order valence-corrected chi connectivity index (χ2v) is 3.46. The lowest BCUT2D eigenvalue weighted by molar-refractivity contribution is -0.116. The van der Waals surface area contributed by atoms with Gasteiger partial charge in [0.05, 0.1) is 24.5 Å². The van der Waals surface area contributed by atoms with E-state index >= 15 is 0 Å². The summed E-state index contributed by atoms with van der Waals surface area (Å²) < 4.78 is 0. The summed E-state index contributed by atoms with van der Waals surface area (Å²) in [6.45, 7) is 0.578. The molecule has 6 heteroatoms. The monoisotopic (exact) mass is 231 g/mol. The number of aromatic nitrogens is 4. The zero-order chi connectivity index (χ0) is 11.9. The highest BCUT2D eigenvalue weighted by Crippen LogP contribution is 1.94. The Hall–Kier alpha value is -2.37. The number of hydrogen-bond donors (Lipinski definition) is 3. The van der Waals surface area contributed by atoms with Gasteiger partial charge in [-0.15, -0.1) is 0 Å². The largest absolute Gasteiger partial charge is 0.352 e. The van der Waals surface area contributed by atoms with Gasteiger partial charge in [0.15, 0.2) is 0 Å². The summed E-state index contributed by atoms with van der Waals surface area (Å²) in [5, 5.41) is 2.78. The first-order valence-corrected chi connectivity index (χ1v) is 5.26. The van der Waals surface area contributed by atoms with Crippen LogP contribution in [0.2, 0.25) is 0 Å². The van der Waals surface area contributed by atoms with Gasteiger partial charge in [-0.3, -0.25) is 4.79 Å². The minimum absolute atomic E-state index is 0.126. The fourth-order valence-corrected chi connectivity index (χ4v) is 1.32. The predicted octanol–water partition coefficient (Wildman–Crippen LogP) is 0.505. The van der Waals surface area contributed by atoms with E-state index in [-0.39, 0.29) is 5.91 Å². The van der Waals surface area contributed by atoms with Crippen LogP contribution in [-0.4, -0.2) is 32.4 Å². The molecule has 0 unspecified atom stereocenters. The van der Waals surface area contributed by atoms with Crippen molar-refractivity contribution in [2.75, 3.05) is 6.54 Å². The van der Waals surface area contributed by atoms with Crippen molar-refractivity contribution in [3.63, 3.8) is 0 Å². The third kappa shape index (κ3) is 3.60. The molecule has 0 bridgehead atoms. The van der Waals surface area contributed by atoms with E-state index in [0.29, 0.717) is 6.54 Å². The summed E-state index contributed by atoms with van der Waals surface area (Å²) >= 11 is 0. The number of H-pyrrole nitrogens is 2. The molecular weight excluding hydrogens is 218 g/mol. The van der Waals surface area contributed by atoms with Gasteiger partial charge in [-0.05, 0) is 6.08 Å². The summed E-state index contributed by atoms with van der Waals surface area (Å²) in [6.07, 6.45) is 10.5. The minimum atomic E-state index is -0.126. The zero-order valence-electron chi connectivity index (χ0n) is 9.18. The fourth-order valence-electron chi connectivity index (χ4n) is 1.32. The second kappa shape index (κ2) is 5.64. The van der Waals surface area contributed by atoms with Crippen LogP contribution in [0.4, 0.5) is 0 Å². The fraction of sp³-hybridized carbons (Fsp3) is 0.182. The van der Waals surface area contributed by atoms with E-state index < -0.39 is 0 Å². The Balaban J connectivity index is 1.71. The molecule has 0 aliphatic heterocycles. The molecule has 2 rings (SSSR count). The summed E-state index contributed by atoms with van der Waals surface area (Å²) in [7, 11) is 0. The molecule has 2 heterocycles. The van der Waals surface area contributed by atoms with Gasteiger partial charge in [0.1, 0.15) is 0 Å². The Labute approximate surface area is 98.2 Å².